The zero-order valence-corrected chi connectivity index (χ0v) is 15.5. The van der Waals surface area contributed by atoms with Crippen LogP contribution in [0.5, 0.6) is 5.75 Å². The standard InChI is InChI=1S/C19H22N2O2S/c1-10(2)6-14-9-16(24-13(14)5)19-21-20-18(23-19)15-7-11(3)17(22)12(4)8-15/h7-10,22H,6H2,1-5H3. The van der Waals surface area contributed by atoms with Gasteiger partial charge in [0.25, 0.3) is 5.89 Å². The van der Waals surface area contributed by atoms with E-state index in [0.29, 0.717) is 23.4 Å². The van der Waals surface area contributed by atoms with Crippen LogP contribution < -0.4 is 0 Å². The van der Waals surface area contributed by atoms with E-state index in [-0.39, 0.29) is 0 Å². The Balaban J connectivity index is 1.94. The van der Waals surface area contributed by atoms with Crippen molar-refractivity contribution >= 4 is 11.3 Å². The van der Waals surface area contributed by atoms with Crippen molar-refractivity contribution in [2.24, 2.45) is 5.92 Å². The average molecular weight is 342 g/mol. The van der Waals surface area contributed by atoms with E-state index >= 15 is 0 Å². The monoisotopic (exact) mass is 342 g/mol. The fourth-order valence-corrected chi connectivity index (χ4v) is 3.76. The van der Waals surface area contributed by atoms with Crippen molar-refractivity contribution in [1.29, 1.82) is 0 Å². The van der Waals surface area contributed by atoms with Crippen molar-refractivity contribution in [2.75, 3.05) is 0 Å². The summed E-state index contributed by atoms with van der Waals surface area (Å²) >= 11 is 1.69. The molecule has 1 N–H and O–H groups in total. The Morgan fingerprint density at radius 2 is 1.67 bits per heavy atom. The minimum absolute atomic E-state index is 0.311. The number of thiophene rings is 1. The molecule has 0 spiro atoms. The van der Waals surface area contributed by atoms with Crippen LogP contribution in [0.3, 0.4) is 0 Å². The van der Waals surface area contributed by atoms with Crippen molar-refractivity contribution in [3.05, 3.63) is 39.8 Å². The van der Waals surface area contributed by atoms with Gasteiger partial charge in [-0.1, -0.05) is 13.8 Å². The number of hydrogen-bond acceptors (Lipinski definition) is 5. The zero-order chi connectivity index (χ0) is 17.4. The van der Waals surface area contributed by atoms with Gasteiger partial charge in [0, 0.05) is 10.4 Å². The van der Waals surface area contributed by atoms with Gasteiger partial charge in [-0.15, -0.1) is 21.5 Å². The molecule has 0 unspecified atom stereocenters. The smallest absolute Gasteiger partial charge is 0.258 e. The summed E-state index contributed by atoms with van der Waals surface area (Å²) in [6, 6.07) is 5.89. The first-order valence-electron chi connectivity index (χ1n) is 8.09. The number of benzene rings is 1. The molecule has 0 aliphatic heterocycles. The Kier molecular flexibility index (Phi) is 4.45. The van der Waals surface area contributed by atoms with E-state index < -0.39 is 0 Å². The first-order chi connectivity index (χ1) is 11.3. The lowest BCUT2D eigenvalue weighted by Gasteiger charge is -2.04. The number of phenolic OH excluding ortho intramolecular Hbond substituents is 1. The molecule has 126 valence electrons. The van der Waals surface area contributed by atoms with E-state index in [9.17, 15) is 5.11 Å². The molecule has 0 saturated carbocycles. The van der Waals surface area contributed by atoms with E-state index in [4.69, 9.17) is 4.42 Å². The van der Waals surface area contributed by atoms with Crippen molar-refractivity contribution in [2.45, 2.75) is 41.0 Å². The molecule has 0 aliphatic carbocycles. The van der Waals surface area contributed by atoms with Crippen LogP contribution in [0.2, 0.25) is 0 Å². The molecule has 2 aromatic heterocycles. The van der Waals surface area contributed by atoms with Crippen LogP contribution in [0.25, 0.3) is 22.2 Å². The normalized spacial score (nSPS) is 11.4. The van der Waals surface area contributed by atoms with E-state index in [1.807, 2.05) is 26.0 Å². The molecule has 0 radical (unpaired) electrons. The third-order valence-electron chi connectivity index (χ3n) is 4.02. The Morgan fingerprint density at radius 1 is 1.04 bits per heavy atom. The molecule has 3 rings (SSSR count). The molecular weight excluding hydrogens is 320 g/mol. The van der Waals surface area contributed by atoms with Gasteiger partial charge in [-0.05, 0) is 68.0 Å². The van der Waals surface area contributed by atoms with E-state index in [1.165, 1.54) is 10.4 Å². The number of hydrogen-bond donors (Lipinski definition) is 1. The molecule has 0 aliphatic rings. The average Bonchev–Trinajstić information content (AvgIpc) is 3.11. The molecule has 24 heavy (non-hydrogen) atoms. The summed E-state index contributed by atoms with van der Waals surface area (Å²) in [4.78, 5) is 2.31. The second kappa shape index (κ2) is 6.40. The molecule has 0 saturated heterocycles. The van der Waals surface area contributed by atoms with Gasteiger partial charge in [-0.2, -0.15) is 0 Å². The minimum Gasteiger partial charge on any atom is -0.507 e. The molecule has 5 heteroatoms. The maximum atomic E-state index is 9.90. The summed E-state index contributed by atoms with van der Waals surface area (Å²) in [6.45, 7) is 10.3. The molecule has 0 amide bonds. The number of aryl methyl sites for hydroxylation is 3. The van der Waals surface area contributed by atoms with Gasteiger partial charge < -0.3 is 9.52 Å². The summed E-state index contributed by atoms with van der Waals surface area (Å²) < 4.78 is 5.89. The number of aromatic nitrogens is 2. The third-order valence-corrected chi connectivity index (χ3v) is 5.10. The van der Waals surface area contributed by atoms with Crippen LogP contribution in [0.15, 0.2) is 22.6 Å². The number of nitrogens with zero attached hydrogens (tertiary/aromatic N) is 2. The lowest BCUT2D eigenvalue weighted by molar-refractivity contribution is 0.467. The highest BCUT2D eigenvalue weighted by atomic mass is 32.1. The van der Waals surface area contributed by atoms with Crippen LogP contribution in [0, 0.1) is 26.7 Å². The quantitative estimate of drug-likeness (QED) is 0.699. The Morgan fingerprint density at radius 3 is 2.29 bits per heavy atom. The molecule has 1 aromatic carbocycles. The summed E-state index contributed by atoms with van der Waals surface area (Å²) in [5, 5.41) is 18.3. The highest BCUT2D eigenvalue weighted by molar-refractivity contribution is 7.15. The predicted octanol–water partition coefficient (Wildman–Crippen LogP) is 5.29. The lowest BCUT2D eigenvalue weighted by atomic mass is 10.0. The fourth-order valence-electron chi connectivity index (χ4n) is 2.79. The van der Waals surface area contributed by atoms with Crippen LogP contribution in [0.4, 0.5) is 0 Å². The number of phenols is 1. The maximum Gasteiger partial charge on any atom is 0.258 e. The largest absolute Gasteiger partial charge is 0.507 e. The topological polar surface area (TPSA) is 59.2 Å². The fraction of sp³-hybridized carbons (Fsp3) is 0.368. The van der Waals surface area contributed by atoms with Crippen LogP contribution in [-0.4, -0.2) is 15.3 Å². The first-order valence-corrected chi connectivity index (χ1v) is 8.90. The van der Waals surface area contributed by atoms with Crippen molar-refractivity contribution in [3.63, 3.8) is 0 Å². The van der Waals surface area contributed by atoms with Crippen molar-refractivity contribution in [1.82, 2.24) is 10.2 Å². The molecular formula is C19H22N2O2S. The summed E-state index contributed by atoms with van der Waals surface area (Å²) in [5.74, 6) is 1.96. The molecule has 0 fully saturated rings. The predicted molar refractivity (Wildman–Crippen MR) is 97.5 cm³/mol. The van der Waals surface area contributed by atoms with E-state index in [2.05, 4.69) is 37.0 Å². The van der Waals surface area contributed by atoms with Crippen LogP contribution in [-0.2, 0) is 6.42 Å². The van der Waals surface area contributed by atoms with Crippen LogP contribution in [0.1, 0.15) is 35.4 Å². The Hall–Kier alpha value is -2.14. The Bertz CT molecular complexity index is 854. The van der Waals surface area contributed by atoms with Gasteiger partial charge >= 0.3 is 0 Å². The highest BCUT2D eigenvalue weighted by Crippen LogP contribution is 2.34. The summed E-state index contributed by atoms with van der Waals surface area (Å²) in [5.41, 5.74) is 3.78. The van der Waals surface area contributed by atoms with E-state index in [1.54, 1.807) is 11.3 Å². The number of rotatable bonds is 4. The molecule has 0 atom stereocenters. The highest BCUT2D eigenvalue weighted by Gasteiger charge is 2.16. The lowest BCUT2D eigenvalue weighted by Crippen LogP contribution is -1.93. The van der Waals surface area contributed by atoms with Gasteiger partial charge in [-0.25, -0.2) is 0 Å². The summed E-state index contributed by atoms with van der Waals surface area (Å²) in [6.07, 6.45) is 1.06. The molecule has 0 bridgehead atoms. The zero-order valence-electron chi connectivity index (χ0n) is 14.7. The van der Waals surface area contributed by atoms with Crippen molar-refractivity contribution < 1.29 is 9.52 Å². The molecule has 3 aromatic rings. The van der Waals surface area contributed by atoms with Crippen LogP contribution >= 0.6 is 11.3 Å². The molecule has 4 nitrogen and oxygen atoms in total. The number of aromatic hydroxyl groups is 1. The first kappa shape index (κ1) is 16.7. The minimum atomic E-state index is 0.311. The van der Waals surface area contributed by atoms with Gasteiger partial charge in [0.2, 0.25) is 5.89 Å². The second-order valence-electron chi connectivity index (χ2n) is 6.66. The third kappa shape index (κ3) is 3.22. The van der Waals surface area contributed by atoms with Crippen molar-refractivity contribution in [3.8, 4) is 28.0 Å². The Labute approximate surface area is 146 Å². The van der Waals surface area contributed by atoms with Gasteiger partial charge in [0.1, 0.15) is 5.75 Å². The molecule has 2 heterocycles. The summed E-state index contributed by atoms with van der Waals surface area (Å²) in [7, 11) is 0. The van der Waals surface area contributed by atoms with Gasteiger partial charge in [0.05, 0.1) is 4.88 Å². The van der Waals surface area contributed by atoms with Gasteiger partial charge in [0.15, 0.2) is 0 Å². The SMILES string of the molecule is Cc1cc(-c2nnc(-c3cc(CC(C)C)c(C)s3)o2)cc(C)c1O. The second-order valence-corrected chi connectivity index (χ2v) is 7.92. The van der Waals surface area contributed by atoms with E-state index in [0.717, 1.165) is 28.0 Å². The van der Waals surface area contributed by atoms with Gasteiger partial charge in [-0.3, -0.25) is 0 Å². The maximum absolute atomic E-state index is 9.90.